The molecule has 0 bridgehead atoms. The van der Waals surface area contributed by atoms with Crippen molar-refractivity contribution in [1.82, 2.24) is 16.0 Å². The van der Waals surface area contributed by atoms with Crippen molar-refractivity contribution in [2.45, 2.75) is 46.5 Å². The highest BCUT2D eigenvalue weighted by atomic mass is 16.3. The van der Waals surface area contributed by atoms with E-state index in [1.807, 2.05) is 0 Å². The van der Waals surface area contributed by atoms with Crippen molar-refractivity contribution in [3.63, 3.8) is 0 Å². The standard InChI is InChI=1S/C22H31N3O3/c1-15-13-17(22(3,4)5)14-16(2)18(15)8-9-24-21(27)25-11-10-23-20(26)19-7-6-12-28-19/h6-7,12-14H,8-11H2,1-5H3,(H,23,26)(H2,24,25,27). The molecule has 0 unspecified atom stereocenters. The largest absolute Gasteiger partial charge is 0.459 e. The first kappa shape index (κ1) is 21.5. The third-order valence-corrected chi connectivity index (χ3v) is 4.66. The van der Waals surface area contributed by atoms with Gasteiger partial charge in [-0.25, -0.2) is 4.79 Å². The number of benzene rings is 1. The maximum absolute atomic E-state index is 11.9. The molecule has 0 saturated heterocycles. The van der Waals surface area contributed by atoms with Gasteiger partial charge >= 0.3 is 6.03 Å². The van der Waals surface area contributed by atoms with Gasteiger partial charge in [-0.1, -0.05) is 32.9 Å². The van der Waals surface area contributed by atoms with Crippen molar-refractivity contribution in [3.8, 4) is 0 Å². The first-order valence-corrected chi connectivity index (χ1v) is 9.62. The lowest BCUT2D eigenvalue weighted by atomic mass is 9.83. The van der Waals surface area contributed by atoms with Crippen LogP contribution in [0.5, 0.6) is 0 Å². The molecule has 0 atom stereocenters. The Bertz CT molecular complexity index is 782. The summed E-state index contributed by atoms with van der Waals surface area (Å²) in [4.78, 5) is 23.6. The number of amides is 3. The molecule has 1 heterocycles. The molecule has 0 aliphatic rings. The van der Waals surface area contributed by atoms with Crippen molar-refractivity contribution >= 4 is 11.9 Å². The molecule has 0 fully saturated rings. The first-order valence-electron chi connectivity index (χ1n) is 9.62. The van der Waals surface area contributed by atoms with Gasteiger partial charge in [-0.2, -0.15) is 0 Å². The zero-order valence-electron chi connectivity index (χ0n) is 17.4. The average Bonchev–Trinajstić information content (AvgIpc) is 3.14. The van der Waals surface area contributed by atoms with Crippen LogP contribution in [0.2, 0.25) is 0 Å². The molecule has 6 heteroatoms. The Balaban J connectivity index is 1.71. The van der Waals surface area contributed by atoms with Gasteiger partial charge in [0.05, 0.1) is 6.26 Å². The molecule has 0 spiro atoms. The molecule has 2 rings (SSSR count). The number of carbonyl (C=O) groups excluding carboxylic acids is 2. The normalized spacial score (nSPS) is 11.2. The summed E-state index contributed by atoms with van der Waals surface area (Å²) in [7, 11) is 0. The van der Waals surface area contributed by atoms with Crippen LogP contribution in [-0.2, 0) is 11.8 Å². The Morgan fingerprint density at radius 1 is 0.964 bits per heavy atom. The van der Waals surface area contributed by atoms with Gasteiger partial charge < -0.3 is 20.4 Å². The van der Waals surface area contributed by atoms with Crippen LogP contribution in [0.4, 0.5) is 4.79 Å². The lowest BCUT2D eigenvalue weighted by Gasteiger charge is -2.22. The molecule has 0 radical (unpaired) electrons. The highest BCUT2D eigenvalue weighted by Crippen LogP contribution is 2.27. The van der Waals surface area contributed by atoms with Crippen LogP contribution in [0.1, 0.15) is 53.6 Å². The number of hydrogen-bond donors (Lipinski definition) is 3. The number of urea groups is 1. The summed E-state index contributed by atoms with van der Waals surface area (Å²) in [5, 5.41) is 8.28. The molecular weight excluding hydrogens is 354 g/mol. The van der Waals surface area contributed by atoms with E-state index in [-0.39, 0.29) is 23.1 Å². The molecule has 6 nitrogen and oxygen atoms in total. The van der Waals surface area contributed by atoms with Gasteiger partial charge in [-0.15, -0.1) is 0 Å². The van der Waals surface area contributed by atoms with E-state index >= 15 is 0 Å². The van der Waals surface area contributed by atoms with Crippen molar-refractivity contribution in [1.29, 1.82) is 0 Å². The minimum Gasteiger partial charge on any atom is -0.459 e. The summed E-state index contributed by atoms with van der Waals surface area (Å²) in [5.74, 6) is -0.0375. The predicted molar refractivity (Wildman–Crippen MR) is 111 cm³/mol. The summed E-state index contributed by atoms with van der Waals surface area (Å²) in [6, 6.07) is 7.48. The van der Waals surface area contributed by atoms with E-state index in [0.717, 1.165) is 6.42 Å². The number of rotatable bonds is 7. The summed E-state index contributed by atoms with van der Waals surface area (Å²) in [5.41, 5.74) is 5.24. The van der Waals surface area contributed by atoms with Gasteiger partial charge in [0.2, 0.25) is 0 Å². The zero-order valence-corrected chi connectivity index (χ0v) is 17.4. The number of hydrogen-bond acceptors (Lipinski definition) is 3. The Labute approximate surface area is 167 Å². The van der Waals surface area contributed by atoms with E-state index in [0.29, 0.717) is 19.6 Å². The maximum atomic E-state index is 11.9. The second kappa shape index (κ2) is 9.44. The molecule has 1 aromatic heterocycles. The van der Waals surface area contributed by atoms with Gasteiger partial charge in [0, 0.05) is 19.6 Å². The lowest BCUT2D eigenvalue weighted by Crippen LogP contribution is -2.41. The van der Waals surface area contributed by atoms with Crippen molar-refractivity contribution in [3.05, 3.63) is 58.5 Å². The van der Waals surface area contributed by atoms with Crippen LogP contribution in [0.25, 0.3) is 0 Å². The molecule has 2 aromatic rings. The van der Waals surface area contributed by atoms with Crippen LogP contribution >= 0.6 is 0 Å². The van der Waals surface area contributed by atoms with Crippen LogP contribution in [0, 0.1) is 13.8 Å². The Morgan fingerprint density at radius 2 is 1.57 bits per heavy atom. The SMILES string of the molecule is Cc1cc(C(C)(C)C)cc(C)c1CCNC(=O)NCCNC(=O)c1ccco1. The first-order chi connectivity index (χ1) is 13.2. The molecule has 3 N–H and O–H groups in total. The summed E-state index contributed by atoms with van der Waals surface area (Å²) < 4.78 is 5.00. The molecule has 1 aromatic carbocycles. The molecule has 152 valence electrons. The van der Waals surface area contributed by atoms with Crippen molar-refractivity contribution in [2.24, 2.45) is 0 Å². The minimum absolute atomic E-state index is 0.124. The molecule has 0 saturated carbocycles. The van der Waals surface area contributed by atoms with E-state index in [2.05, 4.69) is 62.7 Å². The topological polar surface area (TPSA) is 83.4 Å². The van der Waals surface area contributed by atoms with Gasteiger partial charge in [0.1, 0.15) is 0 Å². The number of nitrogens with one attached hydrogen (secondary N) is 3. The average molecular weight is 386 g/mol. The second-order valence-corrected chi connectivity index (χ2v) is 8.00. The predicted octanol–water partition coefficient (Wildman–Crippen LogP) is 3.47. The Hall–Kier alpha value is -2.76. The summed E-state index contributed by atoms with van der Waals surface area (Å²) in [6.45, 7) is 12.1. The fourth-order valence-corrected chi connectivity index (χ4v) is 3.03. The highest BCUT2D eigenvalue weighted by molar-refractivity contribution is 5.91. The van der Waals surface area contributed by atoms with Crippen LogP contribution in [0.15, 0.2) is 34.9 Å². The third kappa shape index (κ3) is 6.15. The maximum Gasteiger partial charge on any atom is 0.314 e. The number of aryl methyl sites for hydroxylation is 2. The van der Waals surface area contributed by atoms with Gasteiger partial charge in [0.15, 0.2) is 5.76 Å². The van der Waals surface area contributed by atoms with Crippen LogP contribution in [-0.4, -0.2) is 31.6 Å². The van der Waals surface area contributed by atoms with Crippen LogP contribution in [0.3, 0.4) is 0 Å². The van der Waals surface area contributed by atoms with Gasteiger partial charge in [-0.3, -0.25) is 4.79 Å². The molecule has 28 heavy (non-hydrogen) atoms. The number of furan rings is 1. The minimum atomic E-state index is -0.295. The second-order valence-electron chi connectivity index (χ2n) is 8.00. The molecule has 0 aliphatic heterocycles. The summed E-state index contributed by atoms with van der Waals surface area (Å²) in [6.07, 6.45) is 2.23. The fraction of sp³-hybridized carbons (Fsp3) is 0.455. The van der Waals surface area contributed by atoms with E-state index in [9.17, 15) is 9.59 Å². The Morgan fingerprint density at radius 3 is 2.14 bits per heavy atom. The number of carbonyl (C=O) groups is 2. The molecule has 3 amide bonds. The molecule has 0 aliphatic carbocycles. The van der Waals surface area contributed by atoms with E-state index < -0.39 is 0 Å². The van der Waals surface area contributed by atoms with E-state index in [4.69, 9.17) is 4.42 Å². The molecular formula is C22H31N3O3. The highest BCUT2D eigenvalue weighted by Gasteiger charge is 2.16. The van der Waals surface area contributed by atoms with Crippen molar-refractivity contribution < 1.29 is 14.0 Å². The van der Waals surface area contributed by atoms with Crippen LogP contribution < -0.4 is 16.0 Å². The third-order valence-electron chi connectivity index (χ3n) is 4.66. The smallest absolute Gasteiger partial charge is 0.314 e. The monoisotopic (exact) mass is 385 g/mol. The van der Waals surface area contributed by atoms with E-state index in [1.54, 1.807) is 12.1 Å². The summed E-state index contributed by atoms with van der Waals surface area (Å²) >= 11 is 0. The Kier molecular flexibility index (Phi) is 7.26. The lowest BCUT2D eigenvalue weighted by molar-refractivity contribution is 0.0926. The van der Waals surface area contributed by atoms with E-state index in [1.165, 1.54) is 28.5 Å². The fourth-order valence-electron chi connectivity index (χ4n) is 3.03. The van der Waals surface area contributed by atoms with Crippen molar-refractivity contribution in [2.75, 3.05) is 19.6 Å². The quantitative estimate of drug-likeness (QED) is 0.638. The zero-order chi connectivity index (χ0) is 20.7. The van der Waals surface area contributed by atoms with Gasteiger partial charge in [0.25, 0.3) is 5.91 Å². The van der Waals surface area contributed by atoms with Gasteiger partial charge in [-0.05, 0) is 60.1 Å².